The molecular weight excluding hydrogens is 328 g/mol. The number of hydrazine groups is 1. The van der Waals surface area contributed by atoms with Gasteiger partial charge in [-0.3, -0.25) is 4.79 Å². The zero-order chi connectivity index (χ0) is 17.2. The third-order valence-electron chi connectivity index (χ3n) is 2.83. The van der Waals surface area contributed by atoms with E-state index in [1.165, 1.54) is 25.3 Å². The zero-order valence-corrected chi connectivity index (χ0v) is 12.6. The summed E-state index contributed by atoms with van der Waals surface area (Å²) < 4.78 is 30.4. The van der Waals surface area contributed by atoms with Crippen molar-refractivity contribution in [1.82, 2.24) is 9.19 Å². The number of benzene rings is 1. The van der Waals surface area contributed by atoms with Crippen LogP contribution in [-0.2, 0) is 10.0 Å². The molecule has 11 heteroatoms. The van der Waals surface area contributed by atoms with Crippen LogP contribution in [0.1, 0.15) is 10.4 Å². The Morgan fingerprint density at radius 2 is 2.04 bits per heavy atom. The second-order valence-electron chi connectivity index (χ2n) is 4.22. The molecule has 0 aliphatic carbocycles. The molecule has 1 heterocycles. The van der Waals surface area contributed by atoms with Crippen LogP contribution >= 0.6 is 0 Å². The largest absolute Gasteiger partial charge is 0.495 e. The van der Waals surface area contributed by atoms with E-state index in [4.69, 9.17) is 15.7 Å². The monoisotopic (exact) mass is 340 g/mol. The summed E-state index contributed by atoms with van der Waals surface area (Å²) in [5.41, 5.74) is 0.891. The van der Waals surface area contributed by atoms with Crippen molar-refractivity contribution in [2.45, 2.75) is 4.90 Å². The van der Waals surface area contributed by atoms with E-state index in [1.54, 1.807) is 0 Å². The van der Waals surface area contributed by atoms with E-state index >= 15 is 0 Å². The fourth-order valence-corrected chi connectivity index (χ4v) is 3.11. The maximum Gasteiger partial charge on any atom is 0.335 e. The second kappa shape index (κ2) is 6.06. The van der Waals surface area contributed by atoms with Gasteiger partial charge in [-0.1, -0.05) is 0 Å². The molecule has 0 amide bonds. The van der Waals surface area contributed by atoms with Gasteiger partial charge in [-0.05, 0) is 24.3 Å². The number of aromatic nitrogens is 2. The molecule has 2 aromatic rings. The molecule has 0 spiro atoms. The van der Waals surface area contributed by atoms with Crippen molar-refractivity contribution in [2.24, 2.45) is 5.84 Å². The zero-order valence-electron chi connectivity index (χ0n) is 11.8. The highest BCUT2D eigenvalue weighted by atomic mass is 32.2. The summed E-state index contributed by atoms with van der Waals surface area (Å²) in [6, 6.07) is 5.38. The molecule has 1 aromatic heterocycles. The Morgan fingerprint density at radius 1 is 1.35 bits per heavy atom. The predicted octanol–water partition coefficient (Wildman–Crippen LogP) is -0.527. The quantitative estimate of drug-likeness (QED) is 0.481. The van der Waals surface area contributed by atoms with Crippen LogP contribution < -0.4 is 21.6 Å². The third-order valence-corrected chi connectivity index (χ3v) is 4.43. The Balaban J connectivity index is 2.76. The van der Waals surface area contributed by atoms with E-state index in [0.29, 0.717) is 0 Å². The van der Waals surface area contributed by atoms with Gasteiger partial charge in [0, 0.05) is 6.07 Å². The minimum atomic E-state index is -4.49. The average molecular weight is 340 g/mol. The summed E-state index contributed by atoms with van der Waals surface area (Å²) in [6.45, 7) is 0. The summed E-state index contributed by atoms with van der Waals surface area (Å²) in [7, 11) is -3.28. The minimum absolute atomic E-state index is 0.0680. The van der Waals surface area contributed by atoms with Crippen molar-refractivity contribution in [1.29, 1.82) is 0 Å². The Bertz CT molecular complexity index is 921. The molecule has 1 aromatic carbocycles. The van der Waals surface area contributed by atoms with Crippen molar-refractivity contribution in [3.63, 3.8) is 0 Å². The number of nitrogens with zero attached hydrogens (tertiary/aromatic N) is 2. The standard InChI is InChI=1S/C12H12N4O6S/c1-22-8-3-2-7(12(18)19)6-9(8)23(20,21)16-11(17)5-4-10(14-13)15-16/h2-6H,13H2,1H3,(H,14,15)(H,18,19). The van der Waals surface area contributed by atoms with Crippen molar-refractivity contribution in [3.05, 3.63) is 46.2 Å². The highest BCUT2D eigenvalue weighted by Gasteiger charge is 2.26. The number of anilines is 1. The number of carboxylic acid groups (broad SMARTS) is 1. The average Bonchev–Trinajstić information content (AvgIpc) is 2.54. The van der Waals surface area contributed by atoms with Crippen LogP contribution in [0.5, 0.6) is 5.75 Å². The van der Waals surface area contributed by atoms with Crippen LogP contribution in [0.3, 0.4) is 0 Å². The summed E-state index contributed by atoms with van der Waals surface area (Å²) in [4.78, 5) is 22.3. The van der Waals surface area contributed by atoms with Crippen molar-refractivity contribution in [3.8, 4) is 5.75 Å². The summed E-state index contributed by atoms with van der Waals surface area (Å²) >= 11 is 0. The van der Waals surface area contributed by atoms with Gasteiger partial charge in [0.2, 0.25) is 0 Å². The van der Waals surface area contributed by atoms with Crippen LogP contribution in [0.25, 0.3) is 0 Å². The number of carbonyl (C=O) groups is 1. The molecular formula is C12H12N4O6S. The number of methoxy groups -OCH3 is 1. The van der Waals surface area contributed by atoms with Crippen molar-refractivity contribution < 1.29 is 23.1 Å². The molecule has 0 bridgehead atoms. The number of nitrogens with one attached hydrogen (secondary N) is 1. The lowest BCUT2D eigenvalue weighted by Crippen LogP contribution is -2.30. The molecule has 23 heavy (non-hydrogen) atoms. The number of nitrogen functional groups attached to an aromatic ring is 1. The molecule has 0 atom stereocenters. The lowest BCUT2D eigenvalue weighted by atomic mass is 10.2. The lowest BCUT2D eigenvalue weighted by molar-refractivity contribution is 0.0696. The van der Waals surface area contributed by atoms with Crippen molar-refractivity contribution >= 4 is 21.8 Å². The Labute approximate surface area is 130 Å². The maximum atomic E-state index is 12.6. The third kappa shape index (κ3) is 3.00. The summed E-state index contributed by atoms with van der Waals surface area (Å²) in [5.74, 6) is 3.62. The molecule has 0 saturated carbocycles. The van der Waals surface area contributed by atoms with Gasteiger partial charge in [-0.2, -0.15) is 8.42 Å². The van der Waals surface area contributed by atoms with Crippen LogP contribution in [0.4, 0.5) is 5.82 Å². The van der Waals surface area contributed by atoms with E-state index in [9.17, 15) is 18.0 Å². The maximum absolute atomic E-state index is 12.6. The molecule has 0 saturated heterocycles. The molecule has 122 valence electrons. The van der Waals surface area contributed by atoms with E-state index in [2.05, 4.69) is 10.5 Å². The molecule has 0 aliphatic heterocycles. The normalized spacial score (nSPS) is 11.0. The number of aromatic carboxylic acids is 1. The number of hydrogen-bond acceptors (Lipinski definition) is 8. The first kappa shape index (κ1) is 16.5. The lowest BCUT2D eigenvalue weighted by Gasteiger charge is -2.11. The van der Waals surface area contributed by atoms with E-state index in [1.807, 2.05) is 0 Å². The SMILES string of the molecule is COc1ccc(C(=O)O)cc1S(=O)(=O)n1nc(NN)ccc1=O. The number of nitrogens with two attached hydrogens (primary N) is 1. The molecule has 2 rings (SSSR count). The van der Waals surface area contributed by atoms with E-state index in [-0.39, 0.29) is 21.2 Å². The smallest absolute Gasteiger partial charge is 0.335 e. The van der Waals surface area contributed by atoms with Crippen LogP contribution in [0, 0.1) is 0 Å². The second-order valence-corrected chi connectivity index (χ2v) is 5.96. The Morgan fingerprint density at radius 3 is 2.61 bits per heavy atom. The summed E-state index contributed by atoms with van der Waals surface area (Å²) in [5, 5.41) is 12.6. The number of rotatable bonds is 5. The molecule has 0 unspecified atom stereocenters. The van der Waals surface area contributed by atoms with Crippen LogP contribution in [-0.4, -0.2) is 35.8 Å². The van der Waals surface area contributed by atoms with Crippen LogP contribution in [0.15, 0.2) is 40.0 Å². The number of carboxylic acids is 1. The van der Waals surface area contributed by atoms with Gasteiger partial charge < -0.3 is 15.3 Å². The van der Waals surface area contributed by atoms with E-state index in [0.717, 1.165) is 12.1 Å². The highest BCUT2D eigenvalue weighted by Crippen LogP contribution is 2.26. The predicted molar refractivity (Wildman–Crippen MR) is 78.8 cm³/mol. The van der Waals surface area contributed by atoms with Gasteiger partial charge in [-0.25, -0.2) is 10.6 Å². The van der Waals surface area contributed by atoms with Gasteiger partial charge in [0.25, 0.3) is 15.6 Å². The molecule has 4 N–H and O–H groups in total. The number of ether oxygens (including phenoxy) is 1. The highest BCUT2D eigenvalue weighted by molar-refractivity contribution is 7.90. The minimum Gasteiger partial charge on any atom is -0.495 e. The fourth-order valence-electron chi connectivity index (χ4n) is 1.75. The number of hydrogen-bond donors (Lipinski definition) is 3. The molecule has 0 aliphatic rings. The van der Waals surface area contributed by atoms with Gasteiger partial charge in [0.1, 0.15) is 10.6 Å². The molecule has 0 fully saturated rings. The van der Waals surface area contributed by atoms with E-state index < -0.39 is 26.4 Å². The first-order valence-corrected chi connectivity index (χ1v) is 7.49. The topological polar surface area (TPSA) is 154 Å². The Hall–Kier alpha value is -2.92. The first-order chi connectivity index (χ1) is 10.8. The first-order valence-electron chi connectivity index (χ1n) is 6.05. The summed E-state index contributed by atoms with van der Waals surface area (Å²) in [6.07, 6.45) is 0. The van der Waals surface area contributed by atoms with Crippen molar-refractivity contribution in [2.75, 3.05) is 12.5 Å². The Kier molecular flexibility index (Phi) is 4.33. The molecule has 10 nitrogen and oxygen atoms in total. The van der Waals surface area contributed by atoms with Crippen LogP contribution in [0.2, 0.25) is 0 Å². The van der Waals surface area contributed by atoms with Gasteiger partial charge in [-0.15, -0.1) is 9.19 Å². The van der Waals surface area contributed by atoms with Gasteiger partial charge in [0.05, 0.1) is 12.7 Å². The van der Waals surface area contributed by atoms with Gasteiger partial charge >= 0.3 is 5.97 Å². The van der Waals surface area contributed by atoms with Gasteiger partial charge in [0.15, 0.2) is 5.82 Å². The fraction of sp³-hybridized carbons (Fsp3) is 0.0833. The molecule has 0 radical (unpaired) electrons.